The number of phenolic OH excluding ortho intramolecular Hbond substituents is 3. The van der Waals surface area contributed by atoms with Gasteiger partial charge in [-0.25, -0.2) is 4.99 Å². The average molecular weight is 342 g/mol. The minimum atomic E-state index is -0.321. The van der Waals surface area contributed by atoms with Crippen LogP contribution in [0.5, 0.6) is 17.2 Å². The van der Waals surface area contributed by atoms with E-state index in [1.165, 1.54) is 12.1 Å². The molecule has 4 N–H and O–H groups in total. The normalized spacial score (nSPS) is 17.5. The van der Waals surface area contributed by atoms with Crippen LogP contribution in [-0.4, -0.2) is 26.4 Å². The molecule has 1 heterocycles. The van der Waals surface area contributed by atoms with E-state index < -0.39 is 0 Å². The van der Waals surface area contributed by atoms with E-state index >= 15 is 0 Å². The largest absolute Gasteiger partial charge is 0.506 e. The van der Waals surface area contributed by atoms with Crippen molar-refractivity contribution in [2.45, 2.75) is 6.92 Å². The van der Waals surface area contributed by atoms with Crippen molar-refractivity contribution < 1.29 is 20.1 Å². The highest BCUT2D eigenvalue weighted by molar-refractivity contribution is 8.18. The number of amidine groups is 1. The number of aliphatic imine (C=N–C) groups is 1. The fraction of sp³-hybridized carbons (Fsp3) is 0.0588. The van der Waals surface area contributed by atoms with Gasteiger partial charge in [-0.1, -0.05) is 12.1 Å². The summed E-state index contributed by atoms with van der Waals surface area (Å²) in [7, 11) is 0. The van der Waals surface area contributed by atoms with Crippen LogP contribution in [0.4, 0.5) is 5.69 Å². The lowest BCUT2D eigenvalue weighted by molar-refractivity contribution is -0.115. The molecule has 0 aromatic heterocycles. The zero-order chi connectivity index (χ0) is 17.3. The first-order valence-electron chi connectivity index (χ1n) is 7.03. The van der Waals surface area contributed by atoms with E-state index in [0.717, 1.165) is 17.3 Å². The summed E-state index contributed by atoms with van der Waals surface area (Å²) in [6.45, 7) is 1.86. The number of carbonyl (C=O) groups excluding carboxylic acids is 1. The van der Waals surface area contributed by atoms with Gasteiger partial charge in [-0.05, 0) is 60.2 Å². The van der Waals surface area contributed by atoms with Crippen LogP contribution in [0.15, 0.2) is 46.3 Å². The number of nitrogens with zero attached hydrogens (tertiary/aromatic N) is 1. The van der Waals surface area contributed by atoms with Crippen LogP contribution in [0.2, 0.25) is 0 Å². The zero-order valence-corrected chi connectivity index (χ0v) is 13.5. The monoisotopic (exact) mass is 342 g/mol. The number of carbonyl (C=O) groups is 1. The number of hydrogen-bond acceptors (Lipinski definition) is 6. The average Bonchev–Trinajstić information content (AvgIpc) is 2.86. The van der Waals surface area contributed by atoms with E-state index in [2.05, 4.69) is 10.3 Å². The van der Waals surface area contributed by atoms with Gasteiger partial charge in [0.1, 0.15) is 11.4 Å². The molecule has 2 aromatic rings. The van der Waals surface area contributed by atoms with Crippen molar-refractivity contribution in [3.63, 3.8) is 0 Å². The summed E-state index contributed by atoms with van der Waals surface area (Å²) in [5.74, 6) is -0.764. The Bertz CT molecular complexity index is 890. The molecule has 24 heavy (non-hydrogen) atoms. The number of hydrogen-bond donors (Lipinski definition) is 4. The topological polar surface area (TPSA) is 102 Å². The quantitative estimate of drug-likeness (QED) is 0.496. The van der Waals surface area contributed by atoms with Crippen molar-refractivity contribution in [1.82, 2.24) is 5.32 Å². The standard InChI is InChI=1S/C17H14N2O4S/c1-9-2-4-11(13(21)6-9)18-17-19-16(23)15(24-17)8-10-3-5-12(20)14(22)7-10/h2-8,20-22H,1H3,(H,18,19,23)/b15-8-. The molecule has 1 amide bonds. The van der Waals surface area contributed by atoms with E-state index in [1.807, 2.05) is 13.0 Å². The molecule has 7 heteroatoms. The fourth-order valence-electron chi connectivity index (χ4n) is 2.10. The van der Waals surface area contributed by atoms with Gasteiger partial charge in [-0.2, -0.15) is 0 Å². The summed E-state index contributed by atoms with van der Waals surface area (Å²) in [5, 5.41) is 31.7. The van der Waals surface area contributed by atoms with Crippen molar-refractivity contribution in [3.8, 4) is 17.2 Å². The maximum absolute atomic E-state index is 12.0. The Morgan fingerprint density at radius 3 is 2.54 bits per heavy atom. The van der Waals surface area contributed by atoms with Crippen LogP contribution >= 0.6 is 11.8 Å². The van der Waals surface area contributed by atoms with Gasteiger partial charge < -0.3 is 20.6 Å². The summed E-state index contributed by atoms with van der Waals surface area (Å²) in [6.07, 6.45) is 1.58. The molecular weight excluding hydrogens is 328 g/mol. The highest BCUT2D eigenvalue weighted by atomic mass is 32.2. The third-order valence-corrected chi connectivity index (χ3v) is 4.21. The van der Waals surface area contributed by atoms with Gasteiger partial charge in [0, 0.05) is 0 Å². The summed E-state index contributed by atoms with van der Waals surface area (Å²) >= 11 is 1.13. The molecule has 1 aliphatic rings. The lowest BCUT2D eigenvalue weighted by Gasteiger charge is -2.01. The molecule has 0 aliphatic carbocycles. The SMILES string of the molecule is Cc1ccc(N=C2NC(=O)/C(=C/c3ccc(O)c(O)c3)S2)c(O)c1. The number of thioether (sulfide) groups is 1. The molecule has 0 unspecified atom stereocenters. The molecule has 0 radical (unpaired) electrons. The zero-order valence-electron chi connectivity index (χ0n) is 12.6. The first-order valence-corrected chi connectivity index (χ1v) is 7.85. The number of phenols is 3. The molecule has 1 saturated heterocycles. The Hall–Kier alpha value is -2.93. The molecule has 0 saturated carbocycles. The number of nitrogens with one attached hydrogen (secondary N) is 1. The third-order valence-electron chi connectivity index (χ3n) is 3.30. The first kappa shape index (κ1) is 15.9. The van der Waals surface area contributed by atoms with Gasteiger partial charge in [0.05, 0.1) is 4.91 Å². The van der Waals surface area contributed by atoms with E-state index in [4.69, 9.17) is 0 Å². The molecule has 6 nitrogen and oxygen atoms in total. The second-order valence-electron chi connectivity index (χ2n) is 5.22. The number of benzene rings is 2. The maximum atomic E-state index is 12.0. The van der Waals surface area contributed by atoms with E-state index in [9.17, 15) is 20.1 Å². The second kappa shape index (κ2) is 6.29. The van der Waals surface area contributed by atoms with Gasteiger partial charge in [0.2, 0.25) is 0 Å². The lowest BCUT2D eigenvalue weighted by Crippen LogP contribution is -2.19. The van der Waals surface area contributed by atoms with Crippen LogP contribution < -0.4 is 5.32 Å². The van der Waals surface area contributed by atoms with Gasteiger partial charge >= 0.3 is 0 Å². The van der Waals surface area contributed by atoms with Crippen LogP contribution in [-0.2, 0) is 4.79 Å². The molecule has 1 fully saturated rings. The van der Waals surface area contributed by atoms with E-state index in [1.54, 1.807) is 24.3 Å². The Labute approximate surface area is 142 Å². The van der Waals surface area contributed by atoms with Crippen LogP contribution in [0.25, 0.3) is 6.08 Å². The lowest BCUT2D eigenvalue weighted by atomic mass is 10.2. The van der Waals surface area contributed by atoms with Gasteiger partial charge in [0.25, 0.3) is 5.91 Å². The van der Waals surface area contributed by atoms with Gasteiger partial charge in [-0.3, -0.25) is 4.79 Å². The summed E-state index contributed by atoms with van der Waals surface area (Å²) in [6, 6.07) is 9.37. The van der Waals surface area contributed by atoms with Crippen molar-refractivity contribution in [1.29, 1.82) is 0 Å². The highest BCUT2D eigenvalue weighted by Gasteiger charge is 2.24. The Balaban J connectivity index is 1.86. The molecule has 3 rings (SSSR count). The predicted octanol–water partition coefficient (Wildman–Crippen LogP) is 3.00. The Morgan fingerprint density at radius 2 is 1.83 bits per heavy atom. The molecule has 122 valence electrons. The van der Waals surface area contributed by atoms with Crippen LogP contribution in [0.3, 0.4) is 0 Å². The summed E-state index contributed by atoms with van der Waals surface area (Å²) < 4.78 is 0. The maximum Gasteiger partial charge on any atom is 0.264 e. The Kier molecular flexibility index (Phi) is 4.18. The van der Waals surface area contributed by atoms with E-state index in [-0.39, 0.29) is 23.2 Å². The molecular formula is C17H14N2O4S. The predicted molar refractivity (Wildman–Crippen MR) is 93.4 cm³/mol. The summed E-state index contributed by atoms with van der Waals surface area (Å²) in [5.41, 5.74) is 1.85. The Morgan fingerprint density at radius 1 is 1.04 bits per heavy atom. The molecule has 0 spiro atoms. The molecule has 0 atom stereocenters. The number of aromatic hydroxyl groups is 3. The van der Waals surface area contributed by atoms with Crippen molar-refractivity contribution >= 4 is 34.6 Å². The fourth-order valence-corrected chi connectivity index (χ4v) is 2.93. The molecule has 1 aliphatic heterocycles. The number of amides is 1. The molecule has 0 bridgehead atoms. The number of rotatable bonds is 2. The third kappa shape index (κ3) is 3.36. The van der Waals surface area contributed by atoms with Crippen LogP contribution in [0, 0.1) is 6.92 Å². The van der Waals surface area contributed by atoms with Crippen molar-refractivity contribution in [2.24, 2.45) is 4.99 Å². The van der Waals surface area contributed by atoms with Gasteiger partial charge in [0.15, 0.2) is 16.7 Å². The minimum absolute atomic E-state index is 0.0400. The van der Waals surface area contributed by atoms with Crippen LogP contribution in [0.1, 0.15) is 11.1 Å². The second-order valence-corrected chi connectivity index (χ2v) is 6.25. The summed E-state index contributed by atoms with van der Waals surface area (Å²) in [4.78, 5) is 16.6. The highest BCUT2D eigenvalue weighted by Crippen LogP contribution is 2.33. The van der Waals surface area contributed by atoms with Gasteiger partial charge in [-0.15, -0.1) is 0 Å². The van der Waals surface area contributed by atoms with Crippen molar-refractivity contribution in [2.75, 3.05) is 0 Å². The first-order chi connectivity index (χ1) is 11.4. The molecule has 2 aromatic carbocycles. The van der Waals surface area contributed by atoms with Crippen molar-refractivity contribution in [3.05, 3.63) is 52.4 Å². The smallest absolute Gasteiger partial charge is 0.264 e. The number of aryl methyl sites for hydroxylation is 1. The minimum Gasteiger partial charge on any atom is -0.506 e. The van der Waals surface area contributed by atoms with E-state index in [0.29, 0.717) is 21.3 Å².